The first-order valence-electron chi connectivity index (χ1n) is 9.26. The molecule has 3 heterocycles. The lowest BCUT2D eigenvalue weighted by Crippen LogP contribution is -2.45. The molecule has 27 heavy (non-hydrogen) atoms. The van der Waals surface area contributed by atoms with Crippen molar-refractivity contribution in [2.75, 3.05) is 18.0 Å². The number of pyridine rings is 1. The highest BCUT2D eigenvalue weighted by atomic mass is 16.2. The second kappa shape index (κ2) is 6.98. The average molecular weight is 365 g/mol. The standard InChI is InChI=1S/C20H23N5O2/c1-13-10-21-20(22-11-13)25-8-6-14(7-9-25)23-18(26)17-12-24(2)19(27)16-5-3-4-15(16)17/h3-4,10-12,14H,5-9H2,1-2H3,(H,23,26). The zero-order valence-electron chi connectivity index (χ0n) is 15.6. The molecule has 0 aromatic carbocycles. The molecular formula is C20H23N5O2. The van der Waals surface area contributed by atoms with Gasteiger partial charge in [-0.25, -0.2) is 9.97 Å². The Morgan fingerprint density at radius 1 is 1.22 bits per heavy atom. The van der Waals surface area contributed by atoms with Crippen LogP contribution >= 0.6 is 0 Å². The lowest BCUT2D eigenvalue weighted by molar-refractivity contribution is 0.0930. The zero-order valence-corrected chi connectivity index (χ0v) is 15.6. The van der Waals surface area contributed by atoms with Crippen LogP contribution in [0, 0.1) is 6.92 Å². The van der Waals surface area contributed by atoms with Gasteiger partial charge < -0.3 is 14.8 Å². The van der Waals surface area contributed by atoms with Crippen molar-refractivity contribution in [3.05, 3.63) is 57.3 Å². The number of nitrogens with one attached hydrogen (secondary N) is 1. The van der Waals surface area contributed by atoms with Crippen LogP contribution in [0.4, 0.5) is 5.95 Å². The summed E-state index contributed by atoms with van der Waals surface area (Å²) in [5.41, 5.74) is 3.06. The molecule has 1 amide bonds. The molecule has 4 rings (SSSR count). The predicted molar refractivity (Wildman–Crippen MR) is 104 cm³/mol. The summed E-state index contributed by atoms with van der Waals surface area (Å²) in [6.45, 7) is 3.58. The summed E-state index contributed by atoms with van der Waals surface area (Å²) in [4.78, 5) is 35.9. The number of hydrogen-bond acceptors (Lipinski definition) is 5. The number of fused-ring (bicyclic) bond motifs is 1. The van der Waals surface area contributed by atoms with Crippen LogP contribution in [-0.4, -0.2) is 39.6 Å². The van der Waals surface area contributed by atoms with Crippen LogP contribution in [0.3, 0.4) is 0 Å². The fourth-order valence-corrected chi connectivity index (χ4v) is 3.71. The SMILES string of the molecule is Cc1cnc(N2CCC(NC(=O)c3cn(C)c(=O)c4c3C=CC4)CC2)nc1. The fourth-order valence-electron chi connectivity index (χ4n) is 3.71. The molecule has 0 saturated carbocycles. The van der Waals surface area contributed by atoms with E-state index in [1.165, 1.54) is 4.57 Å². The van der Waals surface area contributed by atoms with Gasteiger partial charge in [-0.3, -0.25) is 9.59 Å². The molecule has 1 N–H and O–H groups in total. The Hall–Kier alpha value is -2.96. The van der Waals surface area contributed by atoms with Crippen LogP contribution in [0.15, 0.2) is 29.5 Å². The van der Waals surface area contributed by atoms with Gasteiger partial charge in [0.05, 0.1) is 5.56 Å². The van der Waals surface area contributed by atoms with E-state index in [0.717, 1.165) is 43.0 Å². The third-order valence-corrected chi connectivity index (χ3v) is 5.25. The first-order chi connectivity index (χ1) is 13.0. The number of piperidine rings is 1. The van der Waals surface area contributed by atoms with Crippen LogP contribution in [0.2, 0.25) is 0 Å². The second-order valence-electron chi connectivity index (χ2n) is 7.25. The smallest absolute Gasteiger partial charge is 0.254 e. The molecule has 1 aliphatic heterocycles. The molecule has 1 fully saturated rings. The van der Waals surface area contributed by atoms with E-state index in [-0.39, 0.29) is 17.5 Å². The molecule has 1 saturated heterocycles. The maximum atomic E-state index is 12.8. The highest BCUT2D eigenvalue weighted by Gasteiger charge is 2.25. The number of nitrogens with zero attached hydrogens (tertiary/aromatic N) is 4. The molecular weight excluding hydrogens is 342 g/mol. The van der Waals surface area contributed by atoms with E-state index in [9.17, 15) is 9.59 Å². The van der Waals surface area contributed by atoms with E-state index in [1.807, 2.05) is 31.5 Å². The Bertz CT molecular complexity index is 954. The topological polar surface area (TPSA) is 80.1 Å². The molecule has 7 heteroatoms. The lowest BCUT2D eigenvalue weighted by atomic mass is 10.0. The molecule has 0 radical (unpaired) electrons. The van der Waals surface area contributed by atoms with Crippen molar-refractivity contribution in [1.82, 2.24) is 19.9 Å². The Labute approximate surface area is 157 Å². The monoisotopic (exact) mass is 365 g/mol. The zero-order chi connectivity index (χ0) is 19.0. The number of aryl methyl sites for hydroxylation is 2. The third kappa shape index (κ3) is 3.37. The predicted octanol–water partition coefficient (Wildman–Crippen LogP) is 1.45. The summed E-state index contributed by atoms with van der Waals surface area (Å²) in [5.74, 6) is 0.629. The summed E-state index contributed by atoms with van der Waals surface area (Å²) in [5, 5.41) is 3.14. The fraction of sp³-hybridized carbons (Fsp3) is 0.400. The van der Waals surface area contributed by atoms with Gasteiger partial charge in [-0.2, -0.15) is 0 Å². The minimum Gasteiger partial charge on any atom is -0.349 e. The summed E-state index contributed by atoms with van der Waals surface area (Å²) in [6.07, 6.45) is 11.4. The van der Waals surface area contributed by atoms with Gasteiger partial charge in [0.25, 0.3) is 11.5 Å². The lowest BCUT2D eigenvalue weighted by Gasteiger charge is -2.32. The van der Waals surface area contributed by atoms with Crippen molar-refractivity contribution in [3.8, 4) is 0 Å². The first kappa shape index (κ1) is 17.5. The number of allylic oxidation sites excluding steroid dienone is 1. The largest absolute Gasteiger partial charge is 0.349 e. The van der Waals surface area contributed by atoms with E-state index >= 15 is 0 Å². The number of anilines is 1. The third-order valence-electron chi connectivity index (χ3n) is 5.25. The van der Waals surface area contributed by atoms with Crippen molar-refractivity contribution in [1.29, 1.82) is 0 Å². The van der Waals surface area contributed by atoms with Gasteiger partial charge in [-0.15, -0.1) is 0 Å². The van der Waals surface area contributed by atoms with Crippen molar-refractivity contribution in [2.24, 2.45) is 7.05 Å². The van der Waals surface area contributed by atoms with Crippen LogP contribution in [0.25, 0.3) is 6.08 Å². The van der Waals surface area contributed by atoms with Crippen LogP contribution < -0.4 is 15.8 Å². The number of hydrogen-bond donors (Lipinski definition) is 1. The Morgan fingerprint density at radius 2 is 1.93 bits per heavy atom. The second-order valence-corrected chi connectivity index (χ2v) is 7.25. The van der Waals surface area contributed by atoms with Gasteiger partial charge >= 0.3 is 0 Å². The first-order valence-corrected chi connectivity index (χ1v) is 9.26. The number of rotatable bonds is 3. The quantitative estimate of drug-likeness (QED) is 0.891. The number of amides is 1. The highest BCUT2D eigenvalue weighted by molar-refractivity contribution is 5.98. The Balaban J connectivity index is 1.43. The van der Waals surface area contributed by atoms with Gasteiger partial charge in [0.15, 0.2) is 0 Å². The molecule has 0 spiro atoms. The minimum absolute atomic E-state index is 0.0297. The van der Waals surface area contributed by atoms with Crippen molar-refractivity contribution >= 4 is 17.9 Å². The summed E-state index contributed by atoms with van der Waals surface area (Å²) in [7, 11) is 1.69. The number of carbonyl (C=O) groups excluding carboxylic acids is 1. The molecule has 2 aromatic rings. The number of carbonyl (C=O) groups is 1. The molecule has 7 nitrogen and oxygen atoms in total. The van der Waals surface area contributed by atoms with Crippen molar-refractivity contribution in [2.45, 2.75) is 32.2 Å². The maximum Gasteiger partial charge on any atom is 0.254 e. The number of aromatic nitrogens is 3. The summed E-state index contributed by atoms with van der Waals surface area (Å²) in [6, 6.07) is 0.109. The van der Waals surface area contributed by atoms with E-state index in [0.29, 0.717) is 17.5 Å². The van der Waals surface area contributed by atoms with E-state index in [2.05, 4.69) is 20.2 Å². The molecule has 1 aliphatic carbocycles. The van der Waals surface area contributed by atoms with E-state index < -0.39 is 0 Å². The van der Waals surface area contributed by atoms with Gasteiger partial charge in [-0.1, -0.05) is 12.2 Å². The molecule has 140 valence electrons. The van der Waals surface area contributed by atoms with Crippen LogP contribution in [0.5, 0.6) is 0 Å². The van der Waals surface area contributed by atoms with Gasteiger partial charge in [0.1, 0.15) is 0 Å². The Morgan fingerprint density at radius 3 is 2.63 bits per heavy atom. The van der Waals surface area contributed by atoms with E-state index in [4.69, 9.17) is 0 Å². The van der Waals surface area contributed by atoms with Gasteiger partial charge in [0.2, 0.25) is 5.95 Å². The van der Waals surface area contributed by atoms with Crippen molar-refractivity contribution in [3.63, 3.8) is 0 Å². The van der Waals surface area contributed by atoms with Gasteiger partial charge in [0, 0.05) is 50.3 Å². The van der Waals surface area contributed by atoms with Crippen molar-refractivity contribution < 1.29 is 4.79 Å². The normalized spacial score (nSPS) is 16.4. The molecule has 0 unspecified atom stereocenters. The molecule has 0 atom stereocenters. The molecule has 0 bridgehead atoms. The summed E-state index contributed by atoms with van der Waals surface area (Å²) < 4.78 is 1.50. The minimum atomic E-state index is -0.113. The van der Waals surface area contributed by atoms with Crippen LogP contribution in [0.1, 0.15) is 39.9 Å². The summed E-state index contributed by atoms with van der Waals surface area (Å²) >= 11 is 0. The van der Waals surface area contributed by atoms with Crippen LogP contribution in [-0.2, 0) is 13.5 Å². The molecule has 2 aliphatic rings. The molecule has 2 aromatic heterocycles. The van der Waals surface area contributed by atoms with E-state index in [1.54, 1.807) is 13.2 Å². The maximum absolute atomic E-state index is 12.8. The Kier molecular flexibility index (Phi) is 4.51. The average Bonchev–Trinajstić information content (AvgIpc) is 3.16. The van der Waals surface area contributed by atoms with Gasteiger partial charge in [-0.05, 0) is 37.3 Å². The highest BCUT2D eigenvalue weighted by Crippen LogP contribution is 2.21.